The van der Waals surface area contributed by atoms with Crippen molar-refractivity contribution in [2.24, 2.45) is 0 Å². The number of halogens is 1. The van der Waals surface area contributed by atoms with E-state index in [1.54, 1.807) is 0 Å². The summed E-state index contributed by atoms with van der Waals surface area (Å²) in [5.41, 5.74) is 0.883. The van der Waals surface area contributed by atoms with Gasteiger partial charge in [0.25, 0.3) is 0 Å². The Balaban J connectivity index is 2.39. The van der Waals surface area contributed by atoms with E-state index in [9.17, 15) is 0 Å². The van der Waals surface area contributed by atoms with Crippen molar-refractivity contribution < 1.29 is 0 Å². The molecule has 1 heterocycles. The highest BCUT2D eigenvalue weighted by molar-refractivity contribution is 6.29. The SMILES string of the molecule is CCN(C)c1nc(Cl)nc2cc3ccccc3cc12. The summed E-state index contributed by atoms with van der Waals surface area (Å²) < 4.78 is 0. The van der Waals surface area contributed by atoms with Crippen LogP contribution in [-0.2, 0) is 0 Å². The maximum absolute atomic E-state index is 6.03. The number of hydrogen-bond acceptors (Lipinski definition) is 3. The minimum atomic E-state index is 0.290. The zero-order valence-electron chi connectivity index (χ0n) is 10.9. The van der Waals surface area contributed by atoms with E-state index in [-0.39, 0.29) is 5.28 Å². The first kappa shape index (κ1) is 12.2. The van der Waals surface area contributed by atoms with Crippen LogP contribution in [0.4, 0.5) is 5.82 Å². The third-order valence-corrected chi connectivity index (χ3v) is 3.52. The van der Waals surface area contributed by atoms with E-state index >= 15 is 0 Å². The maximum Gasteiger partial charge on any atom is 0.224 e. The highest BCUT2D eigenvalue weighted by Gasteiger charge is 2.10. The van der Waals surface area contributed by atoms with E-state index in [1.165, 1.54) is 5.39 Å². The fraction of sp³-hybridized carbons (Fsp3) is 0.200. The monoisotopic (exact) mass is 271 g/mol. The molecule has 0 aliphatic rings. The predicted octanol–water partition coefficient (Wildman–Crippen LogP) is 3.89. The number of rotatable bonds is 2. The molecule has 3 nitrogen and oxygen atoms in total. The van der Waals surface area contributed by atoms with Crippen LogP contribution in [0.25, 0.3) is 21.7 Å². The second kappa shape index (κ2) is 4.67. The molecule has 3 rings (SSSR count). The highest BCUT2D eigenvalue weighted by atomic mass is 35.5. The van der Waals surface area contributed by atoms with Crippen LogP contribution in [0, 0.1) is 0 Å². The molecular formula is C15H14ClN3. The molecule has 96 valence electrons. The quantitative estimate of drug-likeness (QED) is 0.523. The molecule has 2 aromatic carbocycles. The molecule has 3 aromatic rings. The van der Waals surface area contributed by atoms with Crippen molar-refractivity contribution >= 4 is 39.1 Å². The van der Waals surface area contributed by atoms with E-state index in [0.29, 0.717) is 0 Å². The van der Waals surface area contributed by atoms with Crippen LogP contribution >= 0.6 is 11.6 Å². The first-order valence-corrected chi connectivity index (χ1v) is 6.64. The normalized spacial score (nSPS) is 11.1. The second-order valence-corrected chi connectivity index (χ2v) is 4.88. The van der Waals surface area contributed by atoms with Crippen LogP contribution < -0.4 is 4.90 Å². The maximum atomic E-state index is 6.03. The lowest BCUT2D eigenvalue weighted by molar-refractivity contribution is 0.940. The van der Waals surface area contributed by atoms with E-state index in [2.05, 4.69) is 46.1 Å². The first-order valence-electron chi connectivity index (χ1n) is 6.26. The number of hydrogen-bond donors (Lipinski definition) is 0. The zero-order chi connectivity index (χ0) is 13.4. The minimum Gasteiger partial charge on any atom is -0.359 e. The second-order valence-electron chi connectivity index (χ2n) is 4.55. The predicted molar refractivity (Wildman–Crippen MR) is 81.0 cm³/mol. The van der Waals surface area contributed by atoms with Gasteiger partial charge in [0, 0.05) is 19.0 Å². The van der Waals surface area contributed by atoms with Crippen molar-refractivity contribution in [3.8, 4) is 0 Å². The summed E-state index contributed by atoms with van der Waals surface area (Å²) in [5.74, 6) is 0.878. The summed E-state index contributed by atoms with van der Waals surface area (Å²) in [6, 6.07) is 12.4. The van der Waals surface area contributed by atoms with Crippen molar-refractivity contribution in [2.75, 3.05) is 18.5 Å². The molecule has 0 spiro atoms. The van der Waals surface area contributed by atoms with E-state index < -0.39 is 0 Å². The number of benzene rings is 2. The average molecular weight is 272 g/mol. The third kappa shape index (κ3) is 2.10. The summed E-state index contributed by atoms with van der Waals surface area (Å²) in [6.45, 7) is 2.96. The van der Waals surface area contributed by atoms with Gasteiger partial charge in [0.1, 0.15) is 5.82 Å². The van der Waals surface area contributed by atoms with Crippen molar-refractivity contribution in [1.29, 1.82) is 0 Å². The fourth-order valence-corrected chi connectivity index (χ4v) is 2.38. The smallest absolute Gasteiger partial charge is 0.224 e. The molecule has 0 N–H and O–H groups in total. The molecule has 0 aliphatic carbocycles. The molecule has 0 radical (unpaired) electrons. The van der Waals surface area contributed by atoms with E-state index in [0.717, 1.165) is 28.7 Å². The summed E-state index contributed by atoms with van der Waals surface area (Å²) in [6.07, 6.45) is 0. The third-order valence-electron chi connectivity index (χ3n) is 3.35. The number of aromatic nitrogens is 2. The lowest BCUT2D eigenvalue weighted by Gasteiger charge is -2.18. The molecule has 4 heteroatoms. The van der Waals surface area contributed by atoms with Crippen molar-refractivity contribution in [1.82, 2.24) is 9.97 Å². The Morgan fingerprint density at radius 1 is 1.11 bits per heavy atom. The molecule has 0 fully saturated rings. The summed E-state index contributed by atoms with van der Waals surface area (Å²) in [4.78, 5) is 10.8. The van der Waals surface area contributed by atoms with Gasteiger partial charge in [-0.25, -0.2) is 4.98 Å². The van der Waals surface area contributed by atoms with E-state index in [1.807, 2.05) is 19.2 Å². The Morgan fingerprint density at radius 3 is 2.47 bits per heavy atom. The van der Waals surface area contributed by atoms with Gasteiger partial charge >= 0.3 is 0 Å². The van der Waals surface area contributed by atoms with Gasteiger partial charge in [-0.15, -0.1) is 0 Å². The molecule has 0 saturated heterocycles. The van der Waals surface area contributed by atoms with Gasteiger partial charge < -0.3 is 4.90 Å². The van der Waals surface area contributed by atoms with Gasteiger partial charge in [-0.3, -0.25) is 0 Å². The molecule has 0 bridgehead atoms. The summed E-state index contributed by atoms with van der Waals surface area (Å²) >= 11 is 6.03. The number of anilines is 1. The minimum absolute atomic E-state index is 0.290. The first-order chi connectivity index (χ1) is 9.19. The summed E-state index contributed by atoms with van der Waals surface area (Å²) in [7, 11) is 2.01. The van der Waals surface area contributed by atoms with Crippen molar-refractivity contribution in [2.45, 2.75) is 6.92 Å². The Kier molecular flexibility index (Phi) is 2.99. The van der Waals surface area contributed by atoms with Crippen molar-refractivity contribution in [3.05, 3.63) is 41.7 Å². The Morgan fingerprint density at radius 2 is 1.79 bits per heavy atom. The standard InChI is InChI=1S/C15H14ClN3/c1-3-19(2)14-12-8-10-6-4-5-7-11(10)9-13(12)17-15(16)18-14/h4-9H,3H2,1-2H3. The molecule has 19 heavy (non-hydrogen) atoms. The lowest BCUT2D eigenvalue weighted by atomic mass is 10.1. The Bertz CT molecular complexity index is 755. The summed E-state index contributed by atoms with van der Waals surface area (Å²) in [5, 5.41) is 3.67. The van der Waals surface area contributed by atoms with Crippen LogP contribution in [0.3, 0.4) is 0 Å². The van der Waals surface area contributed by atoms with Gasteiger partial charge in [-0.1, -0.05) is 24.3 Å². The molecule has 0 atom stereocenters. The molecule has 0 saturated carbocycles. The highest BCUT2D eigenvalue weighted by Crippen LogP contribution is 2.28. The van der Waals surface area contributed by atoms with Crippen LogP contribution in [0.1, 0.15) is 6.92 Å². The molecule has 1 aromatic heterocycles. The van der Waals surface area contributed by atoms with Crippen LogP contribution in [0.15, 0.2) is 36.4 Å². The van der Waals surface area contributed by atoms with Crippen LogP contribution in [0.5, 0.6) is 0 Å². The van der Waals surface area contributed by atoms with Crippen LogP contribution in [-0.4, -0.2) is 23.6 Å². The number of fused-ring (bicyclic) bond motifs is 2. The molecule has 0 amide bonds. The van der Waals surface area contributed by atoms with E-state index in [4.69, 9.17) is 11.6 Å². The van der Waals surface area contributed by atoms with Gasteiger partial charge in [-0.2, -0.15) is 4.98 Å². The van der Waals surface area contributed by atoms with Gasteiger partial charge in [-0.05, 0) is 41.4 Å². The Labute approximate surface area is 116 Å². The van der Waals surface area contributed by atoms with Gasteiger partial charge in [0.05, 0.1) is 5.52 Å². The number of nitrogens with zero attached hydrogens (tertiary/aromatic N) is 3. The topological polar surface area (TPSA) is 29.0 Å². The molecular weight excluding hydrogens is 258 g/mol. The van der Waals surface area contributed by atoms with Crippen molar-refractivity contribution in [3.63, 3.8) is 0 Å². The average Bonchev–Trinajstić information content (AvgIpc) is 2.43. The van der Waals surface area contributed by atoms with Crippen LogP contribution in [0.2, 0.25) is 5.28 Å². The zero-order valence-corrected chi connectivity index (χ0v) is 11.6. The van der Waals surface area contributed by atoms with Gasteiger partial charge in [0.15, 0.2) is 0 Å². The fourth-order valence-electron chi connectivity index (χ4n) is 2.21. The molecule has 0 aliphatic heterocycles. The lowest BCUT2D eigenvalue weighted by Crippen LogP contribution is -2.18. The van der Waals surface area contributed by atoms with Gasteiger partial charge in [0.2, 0.25) is 5.28 Å². The Hall–Kier alpha value is -1.87. The largest absolute Gasteiger partial charge is 0.359 e. The molecule has 0 unspecified atom stereocenters.